The Hall–Kier alpha value is -0.920. The monoisotopic (exact) mass is 317 g/mol. The molecule has 2 atom stereocenters. The number of carboxylic acid groups (broad SMARTS) is 1. The predicted molar refractivity (Wildman–Crippen MR) is 77.4 cm³/mol. The summed E-state index contributed by atoms with van der Waals surface area (Å²) >= 11 is 1.26. The first-order valence-electron chi connectivity index (χ1n) is 6.75. The summed E-state index contributed by atoms with van der Waals surface area (Å²) in [5.74, 6) is -1.35. The number of thiophene rings is 1. The second kappa shape index (κ2) is 6.24. The lowest BCUT2D eigenvalue weighted by molar-refractivity contribution is -0.142. The smallest absolute Gasteiger partial charge is 0.306 e. The molecule has 1 heterocycles. The van der Waals surface area contributed by atoms with Gasteiger partial charge in [-0.3, -0.25) is 4.79 Å². The fraction of sp³-hybridized carbons (Fsp3) is 0.615. The SMILES string of the molecule is CCc1ccc(S(=O)(=O)NCC2CCCC2C(=O)O)s1. The van der Waals surface area contributed by atoms with E-state index in [0.717, 1.165) is 24.1 Å². The highest BCUT2D eigenvalue weighted by Crippen LogP contribution is 2.32. The van der Waals surface area contributed by atoms with Crippen molar-refractivity contribution in [1.29, 1.82) is 0 Å². The van der Waals surface area contributed by atoms with Crippen molar-refractivity contribution < 1.29 is 18.3 Å². The molecule has 112 valence electrons. The average Bonchev–Trinajstić information content (AvgIpc) is 3.05. The Bertz CT molecular complexity index is 579. The van der Waals surface area contributed by atoms with E-state index in [-0.39, 0.29) is 12.5 Å². The molecule has 1 aromatic heterocycles. The number of nitrogens with one attached hydrogen (secondary N) is 1. The molecule has 7 heteroatoms. The summed E-state index contributed by atoms with van der Waals surface area (Å²) in [6, 6.07) is 3.42. The van der Waals surface area contributed by atoms with Gasteiger partial charge in [0.05, 0.1) is 5.92 Å². The molecule has 20 heavy (non-hydrogen) atoms. The number of carbonyl (C=O) groups is 1. The molecule has 1 fully saturated rings. The van der Waals surface area contributed by atoms with Crippen molar-refractivity contribution in [1.82, 2.24) is 4.72 Å². The molecule has 0 aliphatic heterocycles. The van der Waals surface area contributed by atoms with E-state index >= 15 is 0 Å². The molecular formula is C13H19NO4S2. The molecule has 0 aromatic carbocycles. The molecule has 0 saturated heterocycles. The van der Waals surface area contributed by atoms with Crippen LogP contribution in [0.2, 0.25) is 0 Å². The van der Waals surface area contributed by atoms with E-state index in [1.54, 1.807) is 6.07 Å². The maximum absolute atomic E-state index is 12.1. The number of aliphatic carboxylic acids is 1. The molecule has 1 aliphatic rings. The van der Waals surface area contributed by atoms with E-state index in [9.17, 15) is 13.2 Å². The molecule has 1 saturated carbocycles. The normalized spacial score (nSPS) is 23.1. The summed E-state index contributed by atoms with van der Waals surface area (Å²) in [5.41, 5.74) is 0. The van der Waals surface area contributed by atoms with Crippen LogP contribution in [0.4, 0.5) is 0 Å². The summed E-state index contributed by atoms with van der Waals surface area (Å²) in [4.78, 5) is 12.1. The highest BCUT2D eigenvalue weighted by Gasteiger charge is 2.33. The van der Waals surface area contributed by atoms with Gasteiger partial charge in [-0.05, 0) is 37.3 Å². The van der Waals surface area contributed by atoms with Gasteiger partial charge in [0.15, 0.2) is 0 Å². The second-order valence-corrected chi connectivity index (χ2v) is 8.22. The standard InChI is InChI=1S/C13H19NO4S2/c1-2-10-6-7-12(19-10)20(17,18)14-8-9-4-3-5-11(9)13(15)16/h6-7,9,11,14H,2-5,8H2,1H3,(H,15,16). The summed E-state index contributed by atoms with van der Waals surface area (Å²) in [5, 5.41) is 9.09. The third-order valence-electron chi connectivity index (χ3n) is 3.76. The lowest BCUT2D eigenvalue weighted by Crippen LogP contribution is -2.32. The van der Waals surface area contributed by atoms with Crippen LogP contribution in [-0.4, -0.2) is 26.0 Å². The predicted octanol–water partition coefficient (Wildman–Crippen LogP) is 2.09. The zero-order chi connectivity index (χ0) is 14.8. The van der Waals surface area contributed by atoms with Crippen molar-refractivity contribution in [3.8, 4) is 0 Å². The number of hydrogen-bond acceptors (Lipinski definition) is 4. The number of rotatable bonds is 6. The molecular weight excluding hydrogens is 298 g/mol. The molecule has 0 spiro atoms. The van der Waals surface area contributed by atoms with E-state index in [1.807, 2.05) is 13.0 Å². The van der Waals surface area contributed by atoms with Gasteiger partial charge in [0.25, 0.3) is 0 Å². The van der Waals surface area contributed by atoms with E-state index in [0.29, 0.717) is 10.6 Å². The molecule has 1 aromatic rings. The topological polar surface area (TPSA) is 83.5 Å². The Kier molecular flexibility index (Phi) is 4.82. The van der Waals surface area contributed by atoms with Crippen LogP contribution in [0.3, 0.4) is 0 Å². The van der Waals surface area contributed by atoms with Gasteiger partial charge in [0, 0.05) is 11.4 Å². The third kappa shape index (κ3) is 3.39. The van der Waals surface area contributed by atoms with Gasteiger partial charge in [-0.2, -0.15) is 0 Å². The van der Waals surface area contributed by atoms with E-state index in [1.165, 1.54) is 11.3 Å². The first kappa shape index (κ1) is 15.5. The number of sulfonamides is 1. The van der Waals surface area contributed by atoms with Gasteiger partial charge in [-0.15, -0.1) is 11.3 Å². The van der Waals surface area contributed by atoms with Crippen LogP contribution >= 0.6 is 11.3 Å². The molecule has 2 rings (SSSR count). The van der Waals surface area contributed by atoms with E-state index in [2.05, 4.69) is 4.72 Å². The van der Waals surface area contributed by atoms with Gasteiger partial charge in [0.1, 0.15) is 4.21 Å². The Balaban J connectivity index is 2.00. The van der Waals surface area contributed by atoms with Crippen molar-refractivity contribution in [3.05, 3.63) is 17.0 Å². The summed E-state index contributed by atoms with van der Waals surface area (Å²) in [7, 11) is -3.51. The van der Waals surface area contributed by atoms with E-state index < -0.39 is 21.9 Å². The third-order valence-corrected chi connectivity index (χ3v) is 6.91. The maximum atomic E-state index is 12.1. The number of aryl methyl sites for hydroxylation is 1. The fourth-order valence-electron chi connectivity index (χ4n) is 2.59. The summed E-state index contributed by atoms with van der Waals surface area (Å²) in [6.45, 7) is 2.18. The van der Waals surface area contributed by atoms with Crippen LogP contribution < -0.4 is 4.72 Å². The zero-order valence-electron chi connectivity index (χ0n) is 11.3. The fourth-order valence-corrected chi connectivity index (χ4v) is 5.02. The van der Waals surface area contributed by atoms with Crippen molar-refractivity contribution in [2.45, 2.75) is 36.8 Å². The Morgan fingerprint density at radius 2 is 2.20 bits per heavy atom. The number of carboxylic acids is 1. The molecule has 0 amide bonds. The summed E-state index contributed by atoms with van der Waals surface area (Å²) < 4.78 is 27.2. The Morgan fingerprint density at radius 3 is 2.80 bits per heavy atom. The van der Waals surface area contributed by atoms with Gasteiger partial charge >= 0.3 is 5.97 Å². The molecule has 1 aliphatic carbocycles. The van der Waals surface area contributed by atoms with Crippen LogP contribution in [0, 0.1) is 11.8 Å². The van der Waals surface area contributed by atoms with Crippen molar-refractivity contribution in [3.63, 3.8) is 0 Å². The molecule has 2 N–H and O–H groups in total. The average molecular weight is 317 g/mol. The first-order valence-corrected chi connectivity index (χ1v) is 9.05. The highest BCUT2D eigenvalue weighted by atomic mass is 32.2. The minimum absolute atomic E-state index is 0.104. The largest absolute Gasteiger partial charge is 0.481 e. The van der Waals surface area contributed by atoms with Gasteiger partial charge in [-0.1, -0.05) is 13.3 Å². The van der Waals surface area contributed by atoms with Crippen molar-refractivity contribution in [2.75, 3.05) is 6.54 Å². The Morgan fingerprint density at radius 1 is 1.45 bits per heavy atom. The van der Waals surface area contributed by atoms with Crippen LogP contribution in [0.1, 0.15) is 31.1 Å². The number of hydrogen-bond donors (Lipinski definition) is 2. The van der Waals surface area contributed by atoms with Gasteiger partial charge in [0.2, 0.25) is 10.0 Å². The molecule has 0 bridgehead atoms. The Labute approximate surface area is 123 Å². The highest BCUT2D eigenvalue weighted by molar-refractivity contribution is 7.91. The second-order valence-electron chi connectivity index (χ2n) is 5.06. The lowest BCUT2D eigenvalue weighted by Gasteiger charge is -2.15. The minimum atomic E-state index is -3.51. The van der Waals surface area contributed by atoms with Gasteiger partial charge in [-0.25, -0.2) is 13.1 Å². The summed E-state index contributed by atoms with van der Waals surface area (Å²) in [6.07, 6.45) is 3.07. The van der Waals surface area contributed by atoms with Crippen LogP contribution in [0.15, 0.2) is 16.3 Å². The molecule has 2 unspecified atom stereocenters. The van der Waals surface area contributed by atoms with Crippen LogP contribution in [0.5, 0.6) is 0 Å². The quantitative estimate of drug-likeness (QED) is 0.841. The lowest BCUT2D eigenvalue weighted by atomic mass is 9.97. The minimum Gasteiger partial charge on any atom is -0.481 e. The van der Waals surface area contributed by atoms with Gasteiger partial charge < -0.3 is 5.11 Å². The van der Waals surface area contributed by atoms with E-state index in [4.69, 9.17) is 5.11 Å². The van der Waals surface area contributed by atoms with Crippen LogP contribution in [-0.2, 0) is 21.2 Å². The van der Waals surface area contributed by atoms with Crippen molar-refractivity contribution >= 4 is 27.3 Å². The maximum Gasteiger partial charge on any atom is 0.306 e. The zero-order valence-corrected chi connectivity index (χ0v) is 13.0. The first-order chi connectivity index (χ1) is 9.44. The molecule has 0 radical (unpaired) electrons. The molecule has 5 nitrogen and oxygen atoms in total. The van der Waals surface area contributed by atoms with Crippen molar-refractivity contribution in [2.24, 2.45) is 11.8 Å². The van der Waals surface area contributed by atoms with Crippen LogP contribution in [0.25, 0.3) is 0 Å².